The molecule has 0 saturated carbocycles. The van der Waals surface area contributed by atoms with E-state index in [9.17, 15) is 0 Å². The molecule has 1 rings (SSSR count). The van der Waals surface area contributed by atoms with Gasteiger partial charge in [0, 0.05) is 0 Å². The number of rotatable bonds is 6. The van der Waals surface area contributed by atoms with Gasteiger partial charge < -0.3 is 37.0 Å². The van der Waals surface area contributed by atoms with Crippen LogP contribution in [0.15, 0.2) is 0 Å². The van der Waals surface area contributed by atoms with E-state index >= 15 is 0 Å². The van der Waals surface area contributed by atoms with Crippen LogP contribution in [0.5, 0.6) is 0 Å². The zero-order valence-corrected chi connectivity index (χ0v) is 34.4. The summed E-state index contributed by atoms with van der Waals surface area (Å²) in [5.74, 6) is 0. The standard InChI is InChI=1S/H10O3Si4.H6O3Si3.H8O2Si3.H6OSi2/c4-1-6-3-7-2-5;1-4-2-6-3-5-1;3-1-5-2-4;2-1-3/h6-7H2,4-5H3;4-6H2;5H2,3-4H3;2-3H3. The van der Waals surface area contributed by atoms with Crippen LogP contribution in [-0.4, -0.2) is 123 Å². The maximum absolute atomic E-state index is 5.03. The van der Waals surface area contributed by atoms with Gasteiger partial charge in [0.15, 0.2) is 0 Å². The second-order valence-corrected chi connectivity index (χ2v) is 23.5. The summed E-state index contributed by atoms with van der Waals surface area (Å²) >= 11 is 0. The van der Waals surface area contributed by atoms with Crippen LogP contribution in [0.1, 0.15) is 0 Å². The van der Waals surface area contributed by atoms with Gasteiger partial charge in [0.25, 0.3) is 60.0 Å². The van der Waals surface area contributed by atoms with E-state index in [2.05, 4.69) is 4.12 Å². The summed E-state index contributed by atoms with van der Waals surface area (Å²) in [6.07, 6.45) is 0. The van der Waals surface area contributed by atoms with Crippen molar-refractivity contribution in [2.24, 2.45) is 0 Å². The lowest BCUT2D eigenvalue weighted by Gasteiger charge is -2.10. The van der Waals surface area contributed by atoms with E-state index in [0.717, 1.165) is 62.9 Å². The Morgan fingerprint density at radius 1 is 0.571 bits per heavy atom. The Hall–Kier alpha value is 2.24. The normalized spacial score (nSPS) is 18.9. The molecule has 132 valence electrons. The quantitative estimate of drug-likeness (QED) is 0.255. The van der Waals surface area contributed by atoms with Gasteiger partial charge in [-0.2, -0.15) is 0 Å². The summed E-state index contributed by atoms with van der Waals surface area (Å²) in [7, 11) is 2.16. The molecule has 0 aromatic heterocycles. The second-order valence-electron chi connectivity index (χ2n) is 3.09. The molecule has 1 aliphatic rings. The van der Waals surface area contributed by atoms with E-state index in [0.29, 0.717) is 0 Å². The van der Waals surface area contributed by atoms with Gasteiger partial charge in [-0.3, -0.25) is 0 Å². The van der Waals surface area contributed by atoms with Crippen LogP contribution in [0.2, 0.25) is 0 Å². The fourth-order valence-corrected chi connectivity index (χ4v) is 13.7. The third-order valence-corrected chi connectivity index (χ3v) is 10.2. The molecule has 0 aromatic rings. The fourth-order valence-electron chi connectivity index (χ4n) is 0.597. The van der Waals surface area contributed by atoms with Crippen molar-refractivity contribution in [2.45, 2.75) is 0 Å². The predicted molar refractivity (Wildman–Crippen MR) is 121 cm³/mol. The van der Waals surface area contributed by atoms with E-state index < -0.39 is 60.0 Å². The van der Waals surface area contributed by atoms with E-state index in [4.69, 9.17) is 32.9 Å². The van der Waals surface area contributed by atoms with Crippen molar-refractivity contribution in [2.75, 3.05) is 0 Å². The molecule has 0 spiro atoms. The summed E-state index contributed by atoms with van der Waals surface area (Å²) in [6, 6.07) is 0. The number of hydrogen-bond acceptors (Lipinski definition) is 9. The Morgan fingerprint density at radius 2 is 0.857 bits per heavy atom. The SMILES string of the molecule is O1[SiH2]O[SiH2]O[SiH2]1.[SiH3]O[SiH2]O[SiH2]O[SiH3].[SiH3]O[SiH2]O[SiH3].[SiH3]O[SiH3]. The Balaban J connectivity index is -0.000000214. The molecule has 0 unspecified atom stereocenters. The Kier molecular flexibility index (Phi) is 45.1. The van der Waals surface area contributed by atoms with Gasteiger partial charge in [-0.25, -0.2) is 0 Å². The zero-order chi connectivity index (χ0) is 16.6. The van der Waals surface area contributed by atoms with Crippen molar-refractivity contribution in [3.8, 4) is 0 Å². The molecule has 21 heavy (non-hydrogen) atoms. The average Bonchev–Trinajstić information content (AvgIpc) is 2.52. The Bertz CT molecular complexity index is 116. The van der Waals surface area contributed by atoms with Gasteiger partial charge in [0.05, 0.1) is 0 Å². The topological polar surface area (TPSA) is 83.1 Å². The van der Waals surface area contributed by atoms with Crippen molar-refractivity contribution >= 4 is 123 Å². The first-order valence-electron chi connectivity index (χ1n) is 5.91. The van der Waals surface area contributed by atoms with Crippen molar-refractivity contribution in [3.63, 3.8) is 0 Å². The molecule has 0 amide bonds. The number of hydrogen-bond donors (Lipinski definition) is 0. The van der Waals surface area contributed by atoms with Crippen molar-refractivity contribution in [1.82, 2.24) is 0 Å². The van der Waals surface area contributed by atoms with Gasteiger partial charge in [-0.1, -0.05) is 0 Å². The van der Waals surface area contributed by atoms with Crippen LogP contribution in [0, 0.1) is 0 Å². The van der Waals surface area contributed by atoms with Crippen LogP contribution in [0.3, 0.4) is 0 Å². The molecule has 1 fully saturated rings. The summed E-state index contributed by atoms with van der Waals surface area (Å²) in [4.78, 5) is 0. The van der Waals surface area contributed by atoms with E-state index in [-0.39, 0.29) is 0 Å². The van der Waals surface area contributed by atoms with Gasteiger partial charge in [0.1, 0.15) is 62.9 Å². The van der Waals surface area contributed by atoms with Crippen LogP contribution in [0.4, 0.5) is 0 Å². The highest BCUT2D eigenvalue weighted by atomic mass is 28.4. The fraction of sp³-hybridized carbons (Fsp3) is 0. The van der Waals surface area contributed by atoms with Crippen molar-refractivity contribution < 1.29 is 37.0 Å². The monoisotopic (exact) mass is 510 g/mol. The molecule has 1 saturated heterocycles. The maximum atomic E-state index is 5.03. The summed E-state index contributed by atoms with van der Waals surface area (Å²) < 4.78 is 43.7. The first-order chi connectivity index (χ1) is 10.2. The molecular formula is H30O9Si12. The van der Waals surface area contributed by atoms with Crippen LogP contribution >= 0.6 is 0 Å². The largest absolute Gasteiger partial charge is 0.471 e. The highest BCUT2D eigenvalue weighted by Gasteiger charge is 1.96. The van der Waals surface area contributed by atoms with Gasteiger partial charge in [0.2, 0.25) is 0 Å². The molecule has 1 heterocycles. The smallest absolute Gasteiger partial charge is 0.286 e. The minimum Gasteiger partial charge on any atom is -0.471 e. The highest BCUT2D eigenvalue weighted by Crippen LogP contribution is 1.78. The average molecular weight is 511 g/mol. The molecule has 0 N–H and O–H groups in total. The lowest BCUT2D eigenvalue weighted by Crippen LogP contribution is -2.23. The molecule has 0 atom stereocenters. The summed E-state index contributed by atoms with van der Waals surface area (Å²) in [5, 5.41) is 0. The third kappa shape index (κ3) is 44.9. The van der Waals surface area contributed by atoms with Crippen molar-refractivity contribution in [1.29, 1.82) is 0 Å². The molecule has 1 aliphatic heterocycles. The molecule has 0 radical (unpaired) electrons. The van der Waals surface area contributed by atoms with Gasteiger partial charge >= 0.3 is 0 Å². The van der Waals surface area contributed by atoms with Crippen LogP contribution < -0.4 is 0 Å². The minimum absolute atomic E-state index is 0.444. The van der Waals surface area contributed by atoms with Crippen LogP contribution in [-0.2, 0) is 37.0 Å². The Labute approximate surface area is 159 Å². The lowest BCUT2D eigenvalue weighted by molar-refractivity contribution is 0.347. The molecule has 0 bridgehead atoms. The summed E-state index contributed by atoms with van der Waals surface area (Å²) in [5.41, 5.74) is 0. The van der Waals surface area contributed by atoms with Crippen molar-refractivity contribution in [3.05, 3.63) is 0 Å². The third-order valence-electron chi connectivity index (χ3n) is 1.14. The minimum atomic E-state index is -0.569. The van der Waals surface area contributed by atoms with Gasteiger partial charge in [-0.05, 0) is 0 Å². The Morgan fingerprint density at radius 3 is 1.00 bits per heavy atom. The maximum Gasteiger partial charge on any atom is 0.286 e. The lowest BCUT2D eigenvalue weighted by atomic mass is 15.7. The summed E-state index contributed by atoms with van der Waals surface area (Å²) in [6.45, 7) is 0. The van der Waals surface area contributed by atoms with E-state index in [1.165, 1.54) is 0 Å². The van der Waals surface area contributed by atoms with E-state index in [1.54, 1.807) is 0 Å². The molecule has 21 heteroatoms. The van der Waals surface area contributed by atoms with Crippen LogP contribution in [0.25, 0.3) is 0 Å². The first-order valence-corrected chi connectivity index (χ1v) is 17.7. The van der Waals surface area contributed by atoms with Gasteiger partial charge in [-0.15, -0.1) is 0 Å². The predicted octanol–water partition coefficient (Wildman–Crippen LogP) is -13.2. The second kappa shape index (κ2) is 33.8. The zero-order valence-electron chi connectivity index (χ0n) is 13.9. The molecule has 0 aromatic carbocycles. The molecular weight excluding hydrogens is 481 g/mol. The molecule has 9 nitrogen and oxygen atoms in total. The first kappa shape index (κ1) is 28.1. The molecule has 0 aliphatic carbocycles. The van der Waals surface area contributed by atoms with E-state index in [1.807, 2.05) is 0 Å². The highest BCUT2D eigenvalue weighted by molar-refractivity contribution is 6.50.